The zero-order chi connectivity index (χ0) is 11.6. The van der Waals surface area contributed by atoms with E-state index < -0.39 is 11.7 Å². The van der Waals surface area contributed by atoms with Gasteiger partial charge in [0, 0.05) is 6.54 Å². The molecule has 0 spiro atoms. The van der Waals surface area contributed by atoms with Crippen molar-refractivity contribution in [1.29, 1.82) is 0 Å². The smallest absolute Gasteiger partial charge is 0.416 e. The summed E-state index contributed by atoms with van der Waals surface area (Å²) in [4.78, 5) is 0. The molecule has 0 amide bonds. The molecule has 0 saturated carbocycles. The molecule has 0 fully saturated rings. The van der Waals surface area contributed by atoms with E-state index in [-0.39, 0.29) is 12.1 Å². The lowest BCUT2D eigenvalue weighted by Gasteiger charge is -2.14. The van der Waals surface area contributed by atoms with Gasteiger partial charge in [-0.3, -0.25) is 0 Å². The quantitative estimate of drug-likeness (QED) is 0.846. The summed E-state index contributed by atoms with van der Waals surface area (Å²) in [6, 6.07) is 2.37. The number of halogens is 4. The number of methoxy groups -OCH3 is 1. The van der Waals surface area contributed by atoms with E-state index in [1.165, 1.54) is 13.2 Å². The lowest BCUT2D eigenvalue weighted by Crippen LogP contribution is -2.12. The van der Waals surface area contributed by atoms with Gasteiger partial charge in [-0.15, -0.1) is 0 Å². The Morgan fingerprint density at radius 2 is 2.00 bits per heavy atom. The van der Waals surface area contributed by atoms with Crippen LogP contribution in [-0.2, 0) is 12.7 Å². The van der Waals surface area contributed by atoms with Crippen LogP contribution in [-0.4, -0.2) is 7.11 Å². The summed E-state index contributed by atoms with van der Waals surface area (Å²) in [5.74, 6) is 0.407. The van der Waals surface area contributed by atoms with Crippen LogP contribution in [0.1, 0.15) is 11.1 Å². The highest BCUT2D eigenvalue weighted by molar-refractivity contribution is 14.1. The Balaban J connectivity index is 3.34. The van der Waals surface area contributed by atoms with Crippen LogP contribution >= 0.6 is 22.6 Å². The van der Waals surface area contributed by atoms with Crippen molar-refractivity contribution in [3.8, 4) is 5.75 Å². The summed E-state index contributed by atoms with van der Waals surface area (Å²) in [6.45, 7) is -0.165. The molecule has 6 heteroatoms. The van der Waals surface area contributed by atoms with E-state index in [1.54, 1.807) is 22.6 Å². The van der Waals surface area contributed by atoms with Gasteiger partial charge in [0.25, 0.3) is 0 Å². The van der Waals surface area contributed by atoms with Crippen LogP contribution in [0.15, 0.2) is 12.1 Å². The largest absolute Gasteiger partial charge is 0.496 e. The van der Waals surface area contributed by atoms with Gasteiger partial charge in [0.05, 0.1) is 16.2 Å². The maximum atomic E-state index is 12.6. The van der Waals surface area contributed by atoms with E-state index in [2.05, 4.69) is 0 Å². The van der Waals surface area contributed by atoms with Crippen LogP contribution in [0.5, 0.6) is 5.75 Å². The van der Waals surface area contributed by atoms with Gasteiger partial charge in [-0.1, -0.05) is 0 Å². The lowest BCUT2D eigenvalue weighted by atomic mass is 10.1. The molecule has 0 unspecified atom stereocenters. The third kappa shape index (κ3) is 2.75. The van der Waals surface area contributed by atoms with Gasteiger partial charge in [-0.05, 0) is 40.3 Å². The van der Waals surface area contributed by atoms with Gasteiger partial charge < -0.3 is 10.5 Å². The van der Waals surface area contributed by atoms with Crippen molar-refractivity contribution in [1.82, 2.24) is 0 Å². The predicted octanol–water partition coefficient (Wildman–Crippen LogP) is 2.78. The molecule has 2 N–H and O–H groups in total. The number of hydrogen-bond acceptors (Lipinski definition) is 2. The van der Waals surface area contributed by atoms with Gasteiger partial charge in [0.2, 0.25) is 0 Å². The predicted molar refractivity (Wildman–Crippen MR) is 58.6 cm³/mol. The molecule has 0 saturated heterocycles. The molecule has 0 aliphatic rings. The van der Waals surface area contributed by atoms with E-state index in [9.17, 15) is 13.2 Å². The van der Waals surface area contributed by atoms with Crippen LogP contribution in [0.4, 0.5) is 13.2 Å². The first-order valence-corrected chi connectivity index (χ1v) is 5.11. The molecule has 0 aliphatic carbocycles. The summed E-state index contributed by atoms with van der Waals surface area (Å²) < 4.78 is 43.0. The van der Waals surface area contributed by atoms with E-state index in [1.807, 2.05) is 0 Å². The summed E-state index contributed by atoms with van der Waals surface area (Å²) in [7, 11) is 1.41. The highest BCUT2D eigenvalue weighted by Gasteiger charge is 2.33. The third-order valence-electron chi connectivity index (χ3n) is 1.90. The fourth-order valence-corrected chi connectivity index (χ4v) is 1.87. The molecule has 0 aliphatic heterocycles. The molecular formula is C9H9F3INO. The van der Waals surface area contributed by atoms with Gasteiger partial charge in [-0.2, -0.15) is 13.2 Å². The molecule has 0 aromatic heterocycles. The van der Waals surface area contributed by atoms with Crippen molar-refractivity contribution >= 4 is 22.6 Å². The van der Waals surface area contributed by atoms with Crippen molar-refractivity contribution in [3.05, 3.63) is 26.8 Å². The Morgan fingerprint density at radius 1 is 1.40 bits per heavy atom. The molecule has 0 bridgehead atoms. The average Bonchev–Trinajstić information content (AvgIpc) is 2.16. The number of benzene rings is 1. The molecule has 2 nitrogen and oxygen atoms in total. The molecule has 0 atom stereocenters. The standard InChI is InChI=1S/C9H9F3INO/c1-15-8-2-5(4-14)6(3-7(8)13)9(10,11)12/h2-3H,4,14H2,1H3. The minimum atomic E-state index is -4.37. The monoisotopic (exact) mass is 331 g/mol. The fraction of sp³-hybridized carbons (Fsp3) is 0.333. The van der Waals surface area contributed by atoms with Crippen molar-refractivity contribution in [3.63, 3.8) is 0 Å². The van der Waals surface area contributed by atoms with Crippen LogP contribution in [0.2, 0.25) is 0 Å². The molecule has 1 rings (SSSR count). The Morgan fingerprint density at radius 3 is 2.40 bits per heavy atom. The van der Waals surface area contributed by atoms with Crippen LogP contribution in [0.3, 0.4) is 0 Å². The second-order valence-corrected chi connectivity index (χ2v) is 4.01. The summed E-state index contributed by atoms with van der Waals surface area (Å²) in [5, 5.41) is 0. The minimum absolute atomic E-state index is 0.0415. The Hall–Kier alpha value is -0.500. The number of rotatable bonds is 2. The van der Waals surface area contributed by atoms with Crippen molar-refractivity contribution in [2.45, 2.75) is 12.7 Å². The highest BCUT2D eigenvalue weighted by Crippen LogP contribution is 2.36. The number of hydrogen-bond donors (Lipinski definition) is 1. The Bertz CT molecular complexity index is 365. The summed E-state index contributed by atoms with van der Waals surface area (Å²) in [5.41, 5.74) is 4.61. The van der Waals surface area contributed by atoms with E-state index in [0.717, 1.165) is 6.07 Å². The van der Waals surface area contributed by atoms with Gasteiger partial charge in [0.15, 0.2) is 0 Å². The normalized spacial score (nSPS) is 11.6. The van der Waals surface area contributed by atoms with Gasteiger partial charge in [0.1, 0.15) is 5.75 Å². The number of alkyl halides is 3. The highest BCUT2D eigenvalue weighted by atomic mass is 127. The van der Waals surface area contributed by atoms with E-state index in [0.29, 0.717) is 9.32 Å². The van der Waals surface area contributed by atoms with Crippen LogP contribution in [0.25, 0.3) is 0 Å². The fourth-order valence-electron chi connectivity index (χ4n) is 1.18. The minimum Gasteiger partial charge on any atom is -0.496 e. The molecule has 1 aromatic carbocycles. The third-order valence-corrected chi connectivity index (χ3v) is 2.75. The first kappa shape index (κ1) is 12.6. The summed E-state index contributed by atoms with van der Waals surface area (Å²) >= 11 is 1.79. The molecular weight excluding hydrogens is 322 g/mol. The van der Waals surface area contributed by atoms with E-state index in [4.69, 9.17) is 10.5 Å². The zero-order valence-corrected chi connectivity index (χ0v) is 10.0. The maximum Gasteiger partial charge on any atom is 0.416 e. The van der Waals surface area contributed by atoms with Crippen LogP contribution in [0, 0.1) is 3.57 Å². The molecule has 1 aromatic rings. The van der Waals surface area contributed by atoms with Gasteiger partial charge >= 0.3 is 6.18 Å². The van der Waals surface area contributed by atoms with Crippen molar-refractivity contribution < 1.29 is 17.9 Å². The maximum absolute atomic E-state index is 12.6. The van der Waals surface area contributed by atoms with Crippen molar-refractivity contribution in [2.24, 2.45) is 5.73 Å². The molecule has 15 heavy (non-hydrogen) atoms. The second kappa shape index (κ2) is 4.56. The van der Waals surface area contributed by atoms with Gasteiger partial charge in [-0.25, -0.2) is 0 Å². The lowest BCUT2D eigenvalue weighted by molar-refractivity contribution is -0.138. The molecule has 84 valence electrons. The number of nitrogens with two attached hydrogens (primary N) is 1. The SMILES string of the molecule is COc1cc(CN)c(C(F)(F)F)cc1I. The van der Waals surface area contributed by atoms with E-state index >= 15 is 0 Å². The average molecular weight is 331 g/mol. The first-order valence-electron chi connectivity index (χ1n) is 4.03. The number of ether oxygens (including phenoxy) is 1. The second-order valence-electron chi connectivity index (χ2n) is 2.85. The topological polar surface area (TPSA) is 35.2 Å². The van der Waals surface area contributed by atoms with Crippen molar-refractivity contribution in [2.75, 3.05) is 7.11 Å². The first-order chi connectivity index (χ1) is 6.90. The zero-order valence-electron chi connectivity index (χ0n) is 7.86. The van der Waals surface area contributed by atoms with Crippen LogP contribution < -0.4 is 10.5 Å². The summed E-state index contributed by atoms with van der Waals surface area (Å²) in [6.07, 6.45) is -4.37. The molecule has 0 radical (unpaired) electrons. The Kier molecular flexibility index (Phi) is 3.82. The Labute approximate surface area is 98.7 Å². The molecule has 0 heterocycles.